The highest BCUT2D eigenvalue weighted by molar-refractivity contribution is 5.53. The number of rotatable bonds is 3. The van der Waals surface area contributed by atoms with Crippen LogP contribution in [-0.4, -0.2) is 13.4 Å². The van der Waals surface area contributed by atoms with Crippen LogP contribution in [0.25, 0.3) is 0 Å². The molecule has 0 saturated heterocycles. The van der Waals surface area contributed by atoms with Gasteiger partial charge in [0.05, 0.1) is 7.11 Å². The van der Waals surface area contributed by atoms with E-state index in [9.17, 15) is 4.79 Å². The number of carbonyl (C=O) groups is 1. The highest BCUT2D eigenvalue weighted by Crippen LogP contribution is 2.40. The second-order valence-electron chi connectivity index (χ2n) is 5.52. The van der Waals surface area contributed by atoms with Crippen molar-refractivity contribution in [2.75, 3.05) is 7.11 Å². The zero-order chi connectivity index (χ0) is 13.1. The van der Waals surface area contributed by atoms with Gasteiger partial charge in [-0.25, -0.2) is 0 Å². The van der Waals surface area contributed by atoms with E-state index in [4.69, 9.17) is 4.74 Å². The second kappa shape index (κ2) is 5.55. The van der Waals surface area contributed by atoms with Crippen LogP contribution in [0, 0.1) is 18.8 Å². The molecule has 0 N–H and O–H groups in total. The highest BCUT2D eigenvalue weighted by Gasteiger charge is 2.28. The third kappa shape index (κ3) is 2.58. The van der Waals surface area contributed by atoms with Crippen molar-refractivity contribution in [3.05, 3.63) is 29.3 Å². The molecule has 2 nitrogen and oxygen atoms in total. The Bertz CT molecular complexity index is 425. The lowest BCUT2D eigenvalue weighted by molar-refractivity contribution is -0.112. The first-order valence-corrected chi connectivity index (χ1v) is 6.75. The van der Waals surface area contributed by atoms with Gasteiger partial charge in [0.15, 0.2) is 0 Å². The van der Waals surface area contributed by atoms with E-state index in [0.29, 0.717) is 11.8 Å². The number of methoxy groups -OCH3 is 1. The Hall–Kier alpha value is -1.31. The van der Waals surface area contributed by atoms with Crippen LogP contribution in [-0.2, 0) is 4.79 Å². The van der Waals surface area contributed by atoms with Crippen LogP contribution < -0.4 is 4.74 Å². The Morgan fingerprint density at radius 1 is 1.33 bits per heavy atom. The summed E-state index contributed by atoms with van der Waals surface area (Å²) >= 11 is 0. The number of aldehydes is 1. The van der Waals surface area contributed by atoms with Crippen LogP contribution in [0.3, 0.4) is 0 Å². The summed E-state index contributed by atoms with van der Waals surface area (Å²) in [7, 11) is 1.71. The van der Waals surface area contributed by atoms with Gasteiger partial charge in [0.25, 0.3) is 0 Å². The van der Waals surface area contributed by atoms with Gasteiger partial charge in [0.1, 0.15) is 12.0 Å². The van der Waals surface area contributed by atoms with Gasteiger partial charge in [-0.15, -0.1) is 0 Å². The maximum atomic E-state index is 10.9. The largest absolute Gasteiger partial charge is 0.496 e. The number of ether oxygens (including phenoxy) is 1. The Balaban J connectivity index is 2.17. The first-order valence-electron chi connectivity index (χ1n) is 6.75. The molecule has 1 unspecified atom stereocenters. The number of carbonyl (C=O) groups excluding carboxylic acids is 1. The topological polar surface area (TPSA) is 26.3 Å². The summed E-state index contributed by atoms with van der Waals surface area (Å²) in [6.07, 6.45) is 4.31. The van der Waals surface area contributed by atoms with Crippen molar-refractivity contribution in [3.8, 4) is 5.75 Å². The van der Waals surface area contributed by atoms with Crippen molar-refractivity contribution in [2.45, 2.75) is 39.0 Å². The zero-order valence-corrected chi connectivity index (χ0v) is 11.5. The van der Waals surface area contributed by atoms with Crippen LogP contribution >= 0.6 is 0 Å². The lowest BCUT2D eigenvalue weighted by Crippen LogP contribution is -2.22. The minimum atomic E-state index is 0.274. The van der Waals surface area contributed by atoms with Crippen LogP contribution in [0.1, 0.15) is 43.2 Å². The second-order valence-corrected chi connectivity index (χ2v) is 5.52. The predicted molar refractivity (Wildman–Crippen MR) is 73.0 cm³/mol. The standard InChI is InChI=1S/C16H22O2/c1-11-8-13(10-17)4-6-15(11)14-5-7-16(18-3)12(2)9-14/h5,7,9-11,13,15H,4,6,8H2,1-3H3/t11?,13-,15-/m1/s1. The van der Waals surface area contributed by atoms with Crippen LogP contribution in [0.5, 0.6) is 5.75 Å². The summed E-state index contributed by atoms with van der Waals surface area (Å²) < 4.78 is 5.30. The van der Waals surface area contributed by atoms with E-state index in [0.717, 1.165) is 31.3 Å². The summed E-state index contributed by atoms with van der Waals surface area (Å²) in [5.74, 6) is 2.40. The first kappa shape index (κ1) is 13.1. The molecule has 1 aromatic carbocycles. The molecule has 18 heavy (non-hydrogen) atoms. The summed E-state index contributed by atoms with van der Waals surface area (Å²) in [6, 6.07) is 6.47. The van der Waals surface area contributed by atoms with Crippen molar-refractivity contribution in [2.24, 2.45) is 11.8 Å². The third-order valence-corrected chi connectivity index (χ3v) is 4.25. The van der Waals surface area contributed by atoms with Crippen LogP contribution in [0.2, 0.25) is 0 Å². The van der Waals surface area contributed by atoms with Crippen LogP contribution in [0.4, 0.5) is 0 Å². The quantitative estimate of drug-likeness (QED) is 0.760. The molecule has 2 heteroatoms. The van der Waals surface area contributed by atoms with Crippen LogP contribution in [0.15, 0.2) is 18.2 Å². The fourth-order valence-corrected chi connectivity index (χ4v) is 3.19. The Morgan fingerprint density at radius 2 is 2.11 bits per heavy atom. The summed E-state index contributed by atoms with van der Waals surface area (Å²) in [6.45, 7) is 4.35. The monoisotopic (exact) mass is 246 g/mol. The van der Waals surface area contributed by atoms with Gasteiger partial charge in [0, 0.05) is 5.92 Å². The predicted octanol–water partition coefficient (Wildman–Crippen LogP) is 3.72. The SMILES string of the molecule is COc1ccc([C@@H]2CC[C@@H](C=O)CC2C)cc1C. The minimum Gasteiger partial charge on any atom is -0.496 e. The van der Waals surface area contributed by atoms with Gasteiger partial charge in [0.2, 0.25) is 0 Å². The summed E-state index contributed by atoms with van der Waals surface area (Å²) in [4.78, 5) is 10.9. The molecule has 0 amide bonds. The molecule has 0 aromatic heterocycles. The molecular formula is C16H22O2. The van der Waals surface area contributed by atoms with E-state index < -0.39 is 0 Å². The molecule has 0 radical (unpaired) electrons. The molecule has 1 aliphatic carbocycles. The van der Waals surface area contributed by atoms with Gasteiger partial charge in [-0.1, -0.05) is 19.1 Å². The van der Waals surface area contributed by atoms with E-state index in [1.165, 1.54) is 11.1 Å². The fraction of sp³-hybridized carbons (Fsp3) is 0.562. The molecule has 3 atom stereocenters. The first-order chi connectivity index (χ1) is 8.65. The van der Waals surface area contributed by atoms with Gasteiger partial charge in [-0.3, -0.25) is 0 Å². The average molecular weight is 246 g/mol. The molecule has 2 rings (SSSR count). The Kier molecular flexibility index (Phi) is 4.05. The third-order valence-electron chi connectivity index (χ3n) is 4.25. The molecule has 0 spiro atoms. The fourth-order valence-electron chi connectivity index (χ4n) is 3.19. The molecule has 1 fully saturated rings. The number of hydrogen-bond acceptors (Lipinski definition) is 2. The van der Waals surface area contributed by atoms with Crippen molar-refractivity contribution in [1.82, 2.24) is 0 Å². The molecule has 0 aliphatic heterocycles. The van der Waals surface area contributed by atoms with Crippen molar-refractivity contribution < 1.29 is 9.53 Å². The van der Waals surface area contributed by atoms with Crippen molar-refractivity contribution in [3.63, 3.8) is 0 Å². The lowest BCUT2D eigenvalue weighted by Gasteiger charge is -2.32. The molecule has 1 aliphatic rings. The van der Waals surface area contributed by atoms with Crippen molar-refractivity contribution in [1.29, 1.82) is 0 Å². The molecule has 98 valence electrons. The lowest BCUT2D eigenvalue weighted by atomic mass is 9.72. The Morgan fingerprint density at radius 3 is 2.67 bits per heavy atom. The van der Waals surface area contributed by atoms with E-state index in [-0.39, 0.29) is 5.92 Å². The number of hydrogen-bond donors (Lipinski definition) is 0. The molecule has 1 aromatic rings. The Labute approximate surface area is 109 Å². The number of benzene rings is 1. The number of aryl methyl sites for hydroxylation is 1. The van der Waals surface area contributed by atoms with Crippen molar-refractivity contribution >= 4 is 6.29 Å². The maximum absolute atomic E-state index is 10.9. The van der Waals surface area contributed by atoms with Gasteiger partial charge in [-0.05, 0) is 55.2 Å². The minimum absolute atomic E-state index is 0.274. The molecule has 0 bridgehead atoms. The molecular weight excluding hydrogens is 224 g/mol. The summed E-state index contributed by atoms with van der Waals surface area (Å²) in [5.41, 5.74) is 2.59. The average Bonchev–Trinajstić information content (AvgIpc) is 2.38. The van der Waals surface area contributed by atoms with E-state index in [1.807, 2.05) is 0 Å². The zero-order valence-electron chi connectivity index (χ0n) is 11.5. The van der Waals surface area contributed by atoms with Gasteiger partial charge < -0.3 is 9.53 Å². The molecule has 1 saturated carbocycles. The highest BCUT2D eigenvalue weighted by atomic mass is 16.5. The maximum Gasteiger partial charge on any atom is 0.123 e. The van der Waals surface area contributed by atoms with E-state index >= 15 is 0 Å². The molecule has 0 heterocycles. The van der Waals surface area contributed by atoms with E-state index in [1.54, 1.807) is 7.11 Å². The normalized spacial score (nSPS) is 27.8. The van der Waals surface area contributed by atoms with E-state index in [2.05, 4.69) is 32.0 Å². The van der Waals surface area contributed by atoms with Gasteiger partial charge in [-0.2, -0.15) is 0 Å². The summed E-state index contributed by atoms with van der Waals surface area (Å²) in [5, 5.41) is 0. The van der Waals surface area contributed by atoms with Gasteiger partial charge >= 0.3 is 0 Å². The smallest absolute Gasteiger partial charge is 0.123 e.